The van der Waals surface area contributed by atoms with E-state index < -0.39 is 0 Å². The van der Waals surface area contributed by atoms with Gasteiger partial charge >= 0.3 is 0 Å². The van der Waals surface area contributed by atoms with Crippen LogP contribution in [0.1, 0.15) is 4.88 Å². The Balaban J connectivity index is 2.31. The van der Waals surface area contributed by atoms with E-state index in [1.54, 1.807) is 18.6 Å². The first kappa shape index (κ1) is 8.85. The van der Waals surface area contributed by atoms with E-state index >= 15 is 0 Å². The molecule has 0 bridgehead atoms. The molecule has 0 amide bonds. The minimum atomic E-state index is 0.429. The van der Waals surface area contributed by atoms with Gasteiger partial charge in [-0.25, -0.2) is 4.98 Å². The highest BCUT2D eigenvalue weighted by Crippen LogP contribution is 2.24. The first-order valence-electron chi connectivity index (χ1n) is 4.12. The molecule has 0 unspecified atom stereocenters. The molecule has 0 atom stereocenters. The van der Waals surface area contributed by atoms with E-state index in [4.69, 9.17) is 5.26 Å². The van der Waals surface area contributed by atoms with Crippen LogP contribution in [0.3, 0.4) is 0 Å². The van der Waals surface area contributed by atoms with Crippen molar-refractivity contribution in [2.75, 3.05) is 0 Å². The molecule has 0 N–H and O–H groups in total. The maximum absolute atomic E-state index is 8.52. The molecule has 0 aliphatic heterocycles. The molecule has 2 aromatic heterocycles. The van der Waals surface area contributed by atoms with E-state index in [2.05, 4.69) is 16.0 Å². The van der Waals surface area contributed by atoms with Crippen molar-refractivity contribution in [1.29, 1.82) is 5.26 Å². The smallest absolute Gasteiger partial charge is 0.125 e. The first-order valence-corrected chi connectivity index (χ1v) is 4.94. The molecule has 68 valence electrons. The van der Waals surface area contributed by atoms with Crippen molar-refractivity contribution in [3.63, 3.8) is 0 Å². The fourth-order valence-electron chi connectivity index (χ4n) is 1.09. The van der Waals surface area contributed by atoms with Gasteiger partial charge in [-0.2, -0.15) is 5.26 Å². The maximum atomic E-state index is 8.52. The predicted molar refractivity (Wildman–Crippen MR) is 54.7 cm³/mol. The highest BCUT2D eigenvalue weighted by Gasteiger charge is 2.03. The van der Waals surface area contributed by atoms with Gasteiger partial charge in [-0.1, -0.05) is 0 Å². The van der Waals surface area contributed by atoms with Crippen LogP contribution in [0, 0.1) is 11.3 Å². The minimum Gasteiger partial charge on any atom is -0.264 e. The Labute approximate surface area is 85.7 Å². The van der Waals surface area contributed by atoms with Gasteiger partial charge in [-0.15, -0.1) is 11.3 Å². The number of nitriles is 1. The zero-order valence-electron chi connectivity index (χ0n) is 7.34. The number of aromatic nitrogens is 2. The van der Waals surface area contributed by atoms with E-state index in [1.807, 2.05) is 12.1 Å². The lowest BCUT2D eigenvalue weighted by atomic mass is 10.3. The fourth-order valence-corrected chi connectivity index (χ4v) is 1.92. The van der Waals surface area contributed by atoms with Gasteiger partial charge in [0.05, 0.1) is 12.5 Å². The van der Waals surface area contributed by atoms with Gasteiger partial charge in [-0.05, 0) is 12.1 Å². The first-order chi connectivity index (χ1) is 6.90. The number of hydrogen-bond acceptors (Lipinski definition) is 4. The molecule has 2 heterocycles. The van der Waals surface area contributed by atoms with Gasteiger partial charge in [0.1, 0.15) is 5.01 Å². The van der Waals surface area contributed by atoms with Crippen molar-refractivity contribution in [3.05, 3.63) is 35.6 Å². The topological polar surface area (TPSA) is 49.6 Å². The molecule has 0 radical (unpaired) electrons. The summed E-state index contributed by atoms with van der Waals surface area (Å²) in [4.78, 5) is 9.24. The largest absolute Gasteiger partial charge is 0.264 e. The van der Waals surface area contributed by atoms with Gasteiger partial charge in [0.15, 0.2) is 0 Å². The molecule has 2 aromatic rings. The van der Waals surface area contributed by atoms with Crippen LogP contribution in [0.25, 0.3) is 10.6 Å². The van der Waals surface area contributed by atoms with Gasteiger partial charge < -0.3 is 0 Å². The standard InChI is InChI=1S/C10H7N3S/c11-4-3-9-7-13-10(14-9)8-2-1-5-12-6-8/h1-2,5-7H,3H2. The van der Waals surface area contributed by atoms with Crippen molar-refractivity contribution in [2.24, 2.45) is 0 Å². The Hall–Kier alpha value is -1.73. The van der Waals surface area contributed by atoms with Crippen LogP contribution in [-0.4, -0.2) is 9.97 Å². The van der Waals surface area contributed by atoms with Crippen molar-refractivity contribution in [3.8, 4) is 16.6 Å². The second kappa shape index (κ2) is 3.99. The van der Waals surface area contributed by atoms with E-state index in [-0.39, 0.29) is 0 Å². The van der Waals surface area contributed by atoms with Gasteiger partial charge in [0, 0.05) is 29.0 Å². The summed E-state index contributed by atoms with van der Waals surface area (Å²) >= 11 is 1.54. The molecule has 2 rings (SSSR count). The third-order valence-electron chi connectivity index (χ3n) is 1.72. The molecule has 0 saturated heterocycles. The summed E-state index contributed by atoms with van der Waals surface area (Å²) in [6.45, 7) is 0. The number of hydrogen-bond donors (Lipinski definition) is 0. The Bertz CT molecular complexity index is 456. The van der Waals surface area contributed by atoms with Gasteiger partial charge in [-0.3, -0.25) is 4.98 Å². The summed E-state index contributed by atoms with van der Waals surface area (Å²) in [5.74, 6) is 0. The highest BCUT2D eigenvalue weighted by atomic mass is 32.1. The third-order valence-corrected chi connectivity index (χ3v) is 2.76. The number of rotatable bonds is 2. The lowest BCUT2D eigenvalue weighted by molar-refractivity contribution is 1.27. The van der Waals surface area contributed by atoms with Crippen LogP contribution >= 0.6 is 11.3 Å². The summed E-state index contributed by atoms with van der Waals surface area (Å²) in [6.07, 6.45) is 5.68. The van der Waals surface area contributed by atoms with Gasteiger partial charge in [0.25, 0.3) is 0 Å². The molecular formula is C10H7N3S. The predicted octanol–water partition coefficient (Wildman–Crippen LogP) is 2.27. The third kappa shape index (κ3) is 1.78. The van der Waals surface area contributed by atoms with E-state index in [0.29, 0.717) is 6.42 Å². The molecule has 14 heavy (non-hydrogen) atoms. The van der Waals surface area contributed by atoms with E-state index in [0.717, 1.165) is 15.4 Å². The average molecular weight is 201 g/mol. The molecule has 0 spiro atoms. The zero-order valence-corrected chi connectivity index (χ0v) is 8.16. The highest BCUT2D eigenvalue weighted by molar-refractivity contribution is 7.15. The molecule has 0 aliphatic carbocycles. The van der Waals surface area contributed by atoms with E-state index in [1.165, 1.54) is 11.3 Å². The van der Waals surface area contributed by atoms with E-state index in [9.17, 15) is 0 Å². The maximum Gasteiger partial charge on any atom is 0.125 e. The lowest BCUT2D eigenvalue weighted by Gasteiger charge is -1.91. The van der Waals surface area contributed by atoms with Crippen molar-refractivity contribution >= 4 is 11.3 Å². The van der Waals surface area contributed by atoms with Crippen LogP contribution in [0.4, 0.5) is 0 Å². The molecule has 3 nitrogen and oxygen atoms in total. The minimum absolute atomic E-state index is 0.429. The number of thiazole rings is 1. The molecule has 0 aromatic carbocycles. The second-order valence-electron chi connectivity index (χ2n) is 2.71. The number of pyridine rings is 1. The molecule has 0 aliphatic rings. The van der Waals surface area contributed by atoms with Crippen molar-refractivity contribution in [2.45, 2.75) is 6.42 Å². The quantitative estimate of drug-likeness (QED) is 0.748. The summed E-state index contributed by atoms with van der Waals surface area (Å²) in [5, 5.41) is 9.44. The summed E-state index contributed by atoms with van der Waals surface area (Å²) in [7, 11) is 0. The summed E-state index contributed by atoms with van der Waals surface area (Å²) in [6, 6.07) is 5.94. The van der Waals surface area contributed by atoms with Crippen LogP contribution in [-0.2, 0) is 6.42 Å². The molecule has 0 fully saturated rings. The Kier molecular flexibility index (Phi) is 2.52. The van der Waals surface area contributed by atoms with Crippen LogP contribution < -0.4 is 0 Å². The van der Waals surface area contributed by atoms with Crippen LogP contribution in [0.15, 0.2) is 30.7 Å². The molecule has 0 saturated carbocycles. The monoisotopic (exact) mass is 201 g/mol. The SMILES string of the molecule is N#CCc1cnc(-c2cccnc2)s1. The van der Waals surface area contributed by atoms with Crippen LogP contribution in [0.2, 0.25) is 0 Å². The Morgan fingerprint density at radius 3 is 3.07 bits per heavy atom. The summed E-state index contributed by atoms with van der Waals surface area (Å²) < 4.78 is 0. The van der Waals surface area contributed by atoms with Crippen molar-refractivity contribution in [1.82, 2.24) is 9.97 Å². The Morgan fingerprint density at radius 2 is 2.36 bits per heavy atom. The van der Waals surface area contributed by atoms with Crippen LogP contribution in [0.5, 0.6) is 0 Å². The van der Waals surface area contributed by atoms with Gasteiger partial charge in [0.2, 0.25) is 0 Å². The second-order valence-corrected chi connectivity index (χ2v) is 3.82. The molecular weight excluding hydrogens is 194 g/mol. The normalized spacial score (nSPS) is 9.64. The average Bonchev–Trinajstić information content (AvgIpc) is 2.68. The lowest BCUT2D eigenvalue weighted by Crippen LogP contribution is -1.75. The Morgan fingerprint density at radius 1 is 1.43 bits per heavy atom. The van der Waals surface area contributed by atoms with Crippen molar-refractivity contribution < 1.29 is 0 Å². The molecule has 4 heteroatoms. The number of nitrogens with zero attached hydrogens (tertiary/aromatic N) is 3. The summed E-state index contributed by atoms with van der Waals surface area (Å²) in [5.41, 5.74) is 1.00. The fraction of sp³-hybridized carbons (Fsp3) is 0.100. The zero-order chi connectivity index (χ0) is 9.80.